The van der Waals surface area contributed by atoms with Gasteiger partial charge in [0.1, 0.15) is 5.82 Å². The lowest BCUT2D eigenvalue weighted by Crippen LogP contribution is -2.07. The van der Waals surface area contributed by atoms with E-state index in [-0.39, 0.29) is 5.97 Å². The minimum absolute atomic E-state index is 0.381. The van der Waals surface area contributed by atoms with Crippen LogP contribution in [0.2, 0.25) is 0 Å². The van der Waals surface area contributed by atoms with Crippen molar-refractivity contribution < 1.29 is 9.53 Å². The van der Waals surface area contributed by atoms with E-state index >= 15 is 0 Å². The summed E-state index contributed by atoms with van der Waals surface area (Å²) in [5.74, 6) is 0.881. The summed E-state index contributed by atoms with van der Waals surface area (Å²) < 4.78 is 4.75. The maximum atomic E-state index is 11.7. The minimum Gasteiger partial charge on any atom is -0.465 e. The Bertz CT molecular complexity index is 895. The molecule has 0 unspecified atom stereocenters. The molecule has 0 bridgehead atoms. The van der Waals surface area contributed by atoms with E-state index in [1.54, 1.807) is 18.2 Å². The summed E-state index contributed by atoms with van der Waals surface area (Å²) in [7, 11) is 1.36. The molecule has 3 aromatic rings. The van der Waals surface area contributed by atoms with Crippen molar-refractivity contribution in [2.45, 2.75) is 13.3 Å². The summed E-state index contributed by atoms with van der Waals surface area (Å²) >= 11 is 0. The number of para-hydroxylation sites is 1. The minimum atomic E-state index is -0.381. The molecule has 0 aliphatic heterocycles. The first kappa shape index (κ1) is 16.7. The van der Waals surface area contributed by atoms with E-state index < -0.39 is 0 Å². The van der Waals surface area contributed by atoms with Crippen LogP contribution in [0.3, 0.4) is 0 Å². The number of esters is 1. The second-order valence-electron chi connectivity index (χ2n) is 5.54. The lowest BCUT2D eigenvalue weighted by molar-refractivity contribution is 0.0601. The number of aromatic nitrogens is 2. The van der Waals surface area contributed by atoms with Crippen LogP contribution in [-0.2, 0) is 4.74 Å². The predicted molar refractivity (Wildman–Crippen MR) is 99.4 cm³/mol. The smallest absolute Gasteiger partial charge is 0.337 e. The number of rotatable bonds is 6. The Kier molecular flexibility index (Phi) is 5.09. The monoisotopic (exact) mass is 336 g/mol. The molecule has 128 valence electrons. The summed E-state index contributed by atoms with van der Waals surface area (Å²) in [5.41, 5.74) is 2.04. The van der Waals surface area contributed by atoms with Gasteiger partial charge in [0, 0.05) is 17.6 Å². The van der Waals surface area contributed by atoms with Gasteiger partial charge in [-0.2, -0.15) is 4.98 Å². The van der Waals surface area contributed by atoms with Crippen LogP contribution in [0.15, 0.2) is 48.5 Å². The van der Waals surface area contributed by atoms with Gasteiger partial charge < -0.3 is 15.4 Å². The third kappa shape index (κ3) is 3.85. The molecule has 2 aromatic carbocycles. The number of ether oxygens (including phenoxy) is 1. The molecule has 0 saturated carbocycles. The highest BCUT2D eigenvalue weighted by Crippen LogP contribution is 2.24. The van der Waals surface area contributed by atoms with Crippen molar-refractivity contribution in [2.24, 2.45) is 0 Å². The van der Waals surface area contributed by atoms with Crippen molar-refractivity contribution in [3.63, 3.8) is 0 Å². The maximum absolute atomic E-state index is 11.7. The number of carbonyl (C=O) groups is 1. The van der Waals surface area contributed by atoms with Gasteiger partial charge in [-0.3, -0.25) is 0 Å². The Labute approximate surface area is 146 Å². The Morgan fingerprint density at radius 1 is 1.12 bits per heavy atom. The largest absolute Gasteiger partial charge is 0.465 e. The topological polar surface area (TPSA) is 76.1 Å². The first-order valence-electron chi connectivity index (χ1n) is 8.17. The van der Waals surface area contributed by atoms with E-state index in [2.05, 4.69) is 27.5 Å². The summed E-state index contributed by atoms with van der Waals surface area (Å²) in [6.07, 6.45) is 1.00. The molecule has 6 heteroatoms. The third-order valence-corrected chi connectivity index (χ3v) is 3.69. The average Bonchev–Trinajstić information content (AvgIpc) is 2.65. The highest BCUT2D eigenvalue weighted by molar-refractivity contribution is 5.91. The summed E-state index contributed by atoms with van der Waals surface area (Å²) in [5, 5.41) is 7.48. The second-order valence-corrected chi connectivity index (χ2v) is 5.54. The summed E-state index contributed by atoms with van der Waals surface area (Å²) in [4.78, 5) is 20.8. The molecule has 0 radical (unpaired) electrons. The van der Waals surface area contributed by atoms with Crippen molar-refractivity contribution in [2.75, 3.05) is 24.3 Å². The molecule has 0 aliphatic carbocycles. The fourth-order valence-electron chi connectivity index (χ4n) is 2.48. The average molecular weight is 336 g/mol. The number of benzene rings is 2. The van der Waals surface area contributed by atoms with Gasteiger partial charge in [0.05, 0.1) is 18.2 Å². The SMILES string of the molecule is CCCNc1nc(Nc2cccc(C(=O)OC)c2)nc2ccccc12. The van der Waals surface area contributed by atoms with Crippen LogP contribution in [-0.4, -0.2) is 29.6 Å². The van der Waals surface area contributed by atoms with Crippen molar-refractivity contribution in [1.29, 1.82) is 0 Å². The van der Waals surface area contributed by atoms with Crippen LogP contribution in [0.5, 0.6) is 0 Å². The van der Waals surface area contributed by atoms with Crippen molar-refractivity contribution in [3.05, 3.63) is 54.1 Å². The van der Waals surface area contributed by atoms with Gasteiger partial charge in [0.25, 0.3) is 0 Å². The number of carbonyl (C=O) groups excluding carboxylic acids is 1. The Hall–Kier alpha value is -3.15. The Morgan fingerprint density at radius 3 is 2.76 bits per heavy atom. The zero-order chi connectivity index (χ0) is 17.6. The van der Waals surface area contributed by atoms with Gasteiger partial charge in [-0.1, -0.05) is 25.1 Å². The number of fused-ring (bicyclic) bond motifs is 1. The first-order chi connectivity index (χ1) is 12.2. The lowest BCUT2D eigenvalue weighted by atomic mass is 10.2. The molecule has 0 spiro atoms. The molecule has 2 N–H and O–H groups in total. The van der Waals surface area contributed by atoms with Gasteiger partial charge in [0.2, 0.25) is 5.95 Å². The van der Waals surface area contributed by atoms with E-state index in [4.69, 9.17) is 4.74 Å². The van der Waals surface area contributed by atoms with Gasteiger partial charge in [-0.05, 0) is 36.8 Å². The summed E-state index contributed by atoms with van der Waals surface area (Å²) in [6.45, 7) is 2.94. The van der Waals surface area contributed by atoms with Crippen molar-refractivity contribution in [1.82, 2.24) is 9.97 Å². The second kappa shape index (κ2) is 7.61. The van der Waals surface area contributed by atoms with Crippen LogP contribution in [0.25, 0.3) is 10.9 Å². The number of methoxy groups -OCH3 is 1. The third-order valence-electron chi connectivity index (χ3n) is 3.69. The molecule has 0 amide bonds. The van der Waals surface area contributed by atoms with E-state index in [9.17, 15) is 4.79 Å². The molecule has 25 heavy (non-hydrogen) atoms. The van der Waals surface area contributed by atoms with Gasteiger partial charge in [-0.25, -0.2) is 9.78 Å². The number of anilines is 3. The molecule has 1 heterocycles. The maximum Gasteiger partial charge on any atom is 0.337 e. The van der Waals surface area contributed by atoms with Crippen LogP contribution < -0.4 is 10.6 Å². The van der Waals surface area contributed by atoms with Gasteiger partial charge >= 0.3 is 5.97 Å². The van der Waals surface area contributed by atoms with E-state index in [1.165, 1.54) is 7.11 Å². The number of hydrogen-bond acceptors (Lipinski definition) is 6. The van der Waals surface area contributed by atoms with Crippen molar-refractivity contribution >= 4 is 34.3 Å². The zero-order valence-corrected chi connectivity index (χ0v) is 14.2. The molecule has 0 saturated heterocycles. The molecular formula is C19H20N4O2. The lowest BCUT2D eigenvalue weighted by Gasteiger charge is -2.11. The molecule has 6 nitrogen and oxygen atoms in total. The van der Waals surface area contributed by atoms with Crippen LogP contribution in [0.4, 0.5) is 17.5 Å². The fourth-order valence-corrected chi connectivity index (χ4v) is 2.48. The number of nitrogens with one attached hydrogen (secondary N) is 2. The van der Waals surface area contributed by atoms with Gasteiger partial charge in [0.15, 0.2) is 0 Å². The van der Waals surface area contributed by atoms with Gasteiger partial charge in [-0.15, -0.1) is 0 Å². The molecule has 0 fully saturated rings. The summed E-state index contributed by atoms with van der Waals surface area (Å²) in [6, 6.07) is 14.9. The quantitative estimate of drug-likeness (QED) is 0.663. The Balaban J connectivity index is 1.94. The number of hydrogen-bond donors (Lipinski definition) is 2. The molecular weight excluding hydrogens is 316 g/mol. The first-order valence-corrected chi connectivity index (χ1v) is 8.17. The standard InChI is InChI=1S/C19H20N4O2/c1-3-11-20-17-15-9-4-5-10-16(15)22-19(23-17)21-14-8-6-7-13(12-14)18(24)25-2/h4-10,12H,3,11H2,1-2H3,(H2,20,21,22,23). The highest BCUT2D eigenvalue weighted by atomic mass is 16.5. The van der Waals surface area contributed by atoms with Crippen LogP contribution in [0.1, 0.15) is 23.7 Å². The van der Waals surface area contributed by atoms with E-state index in [0.717, 1.165) is 35.4 Å². The fraction of sp³-hybridized carbons (Fsp3) is 0.211. The van der Waals surface area contributed by atoms with E-state index in [0.29, 0.717) is 11.5 Å². The molecule has 0 atom stereocenters. The highest BCUT2D eigenvalue weighted by Gasteiger charge is 2.09. The normalized spacial score (nSPS) is 10.5. The Morgan fingerprint density at radius 2 is 1.96 bits per heavy atom. The molecule has 1 aromatic heterocycles. The molecule has 3 rings (SSSR count). The van der Waals surface area contributed by atoms with Crippen molar-refractivity contribution in [3.8, 4) is 0 Å². The zero-order valence-electron chi connectivity index (χ0n) is 14.2. The van der Waals surface area contributed by atoms with E-state index in [1.807, 2.05) is 30.3 Å². The van der Waals surface area contributed by atoms with Crippen LogP contribution in [0, 0.1) is 0 Å². The van der Waals surface area contributed by atoms with Crippen LogP contribution >= 0.6 is 0 Å². The predicted octanol–water partition coefficient (Wildman–Crippen LogP) is 3.98. The number of nitrogens with zero attached hydrogens (tertiary/aromatic N) is 2. The molecule has 0 aliphatic rings.